The van der Waals surface area contributed by atoms with Crippen molar-refractivity contribution >= 4 is 5.57 Å². The van der Waals surface area contributed by atoms with Gasteiger partial charge in [-0.3, -0.25) is 0 Å². The van der Waals surface area contributed by atoms with Gasteiger partial charge in [-0.1, -0.05) is 49.8 Å². The maximum Gasteiger partial charge on any atom is 0.164 e. The third kappa shape index (κ3) is 2.46. The van der Waals surface area contributed by atoms with Crippen LogP contribution in [0.4, 0.5) is 8.78 Å². The van der Waals surface area contributed by atoms with E-state index in [1.807, 2.05) is 37.3 Å². The summed E-state index contributed by atoms with van der Waals surface area (Å²) in [5.41, 5.74) is -0.153. The van der Waals surface area contributed by atoms with Gasteiger partial charge in [0.1, 0.15) is 0 Å². The Labute approximate surface area is 101 Å². The SMILES string of the molecule is CCC[C@@]1(F)C=CC(c2ccccc2)=C[C@H]1F. The molecule has 0 unspecified atom stereocenters. The smallest absolute Gasteiger partial charge is 0.164 e. The Kier molecular flexibility index (Phi) is 3.41. The molecule has 0 aliphatic heterocycles. The number of benzene rings is 1. The van der Waals surface area contributed by atoms with Crippen molar-refractivity contribution in [3.63, 3.8) is 0 Å². The fourth-order valence-electron chi connectivity index (χ4n) is 2.10. The van der Waals surface area contributed by atoms with Gasteiger partial charge in [0.05, 0.1) is 0 Å². The molecule has 0 heterocycles. The van der Waals surface area contributed by atoms with E-state index >= 15 is 0 Å². The molecule has 0 amide bonds. The number of allylic oxidation sites excluding steroid dienone is 4. The van der Waals surface area contributed by atoms with E-state index in [1.165, 1.54) is 12.2 Å². The van der Waals surface area contributed by atoms with Crippen LogP contribution in [0.25, 0.3) is 5.57 Å². The summed E-state index contributed by atoms with van der Waals surface area (Å²) >= 11 is 0. The molecule has 2 atom stereocenters. The molecule has 0 radical (unpaired) electrons. The molecule has 1 aromatic carbocycles. The second kappa shape index (κ2) is 4.82. The molecule has 0 nitrogen and oxygen atoms in total. The molecule has 1 aliphatic rings. The number of hydrogen-bond donors (Lipinski definition) is 0. The minimum Gasteiger partial charge on any atom is -0.239 e. The molecule has 0 aromatic heterocycles. The van der Waals surface area contributed by atoms with E-state index in [2.05, 4.69) is 0 Å². The predicted octanol–water partition coefficient (Wildman–Crippen LogP) is 4.49. The van der Waals surface area contributed by atoms with Crippen molar-refractivity contribution in [1.82, 2.24) is 0 Å². The van der Waals surface area contributed by atoms with Crippen LogP contribution < -0.4 is 0 Å². The van der Waals surface area contributed by atoms with Crippen LogP contribution >= 0.6 is 0 Å². The molecule has 90 valence electrons. The van der Waals surface area contributed by atoms with Crippen molar-refractivity contribution in [2.75, 3.05) is 0 Å². The Morgan fingerprint density at radius 1 is 1.24 bits per heavy atom. The Bertz CT molecular complexity index is 433. The van der Waals surface area contributed by atoms with Crippen LogP contribution in [0.3, 0.4) is 0 Å². The van der Waals surface area contributed by atoms with Crippen LogP contribution in [0, 0.1) is 0 Å². The molecule has 0 N–H and O–H groups in total. The first-order valence-corrected chi connectivity index (χ1v) is 5.95. The zero-order chi connectivity index (χ0) is 12.3. The molecular weight excluding hydrogens is 218 g/mol. The van der Waals surface area contributed by atoms with Gasteiger partial charge in [0.25, 0.3) is 0 Å². The van der Waals surface area contributed by atoms with Crippen molar-refractivity contribution in [3.05, 3.63) is 54.1 Å². The molecule has 0 saturated heterocycles. The first kappa shape index (κ1) is 12.0. The van der Waals surface area contributed by atoms with Crippen LogP contribution in [-0.4, -0.2) is 11.8 Å². The highest BCUT2D eigenvalue weighted by atomic mass is 19.2. The fourth-order valence-corrected chi connectivity index (χ4v) is 2.10. The summed E-state index contributed by atoms with van der Waals surface area (Å²) in [7, 11) is 0. The third-order valence-corrected chi connectivity index (χ3v) is 3.06. The molecule has 1 aromatic rings. The average molecular weight is 234 g/mol. The van der Waals surface area contributed by atoms with Gasteiger partial charge in [0, 0.05) is 0 Å². The second-order valence-electron chi connectivity index (χ2n) is 4.40. The summed E-state index contributed by atoms with van der Waals surface area (Å²) in [5.74, 6) is 0. The zero-order valence-corrected chi connectivity index (χ0v) is 9.87. The summed E-state index contributed by atoms with van der Waals surface area (Å²) < 4.78 is 28.0. The lowest BCUT2D eigenvalue weighted by Crippen LogP contribution is -2.33. The average Bonchev–Trinajstić information content (AvgIpc) is 2.34. The topological polar surface area (TPSA) is 0 Å². The highest BCUT2D eigenvalue weighted by molar-refractivity contribution is 5.76. The summed E-state index contributed by atoms with van der Waals surface area (Å²) in [6.07, 6.45) is 3.73. The van der Waals surface area contributed by atoms with E-state index in [4.69, 9.17) is 0 Å². The van der Waals surface area contributed by atoms with E-state index in [9.17, 15) is 8.78 Å². The van der Waals surface area contributed by atoms with Crippen molar-refractivity contribution in [2.45, 2.75) is 31.6 Å². The van der Waals surface area contributed by atoms with Crippen LogP contribution in [0.15, 0.2) is 48.6 Å². The van der Waals surface area contributed by atoms with Crippen LogP contribution in [0.1, 0.15) is 25.3 Å². The normalized spacial score (nSPS) is 27.9. The molecule has 1 aliphatic carbocycles. The van der Waals surface area contributed by atoms with E-state index in [1.54, 1.807) is 6.08 Å². The second-order valence-corrected chi connectivity index (χ2v) is 4.40. The van der Waals surface area contributed by atoms with E-state index in [-0.39, 0.29) is 6.42 Å². The molecule has 0 saturated carbocycles. The van der Waals surface area contributed by atoms with Crippen molar-refractivity contribution in [1.29, 1.82) is 0 Å². The zero-order valence-electron chi connectivity index (χ0n) is 9.87. The molecule has 0 spiro atoms. The highest BCUT2D eigenvalue weighted by Crippen LogP contribution is 2.35. The van der Waals surface area contributed by atoms with Crippen molar-refractivity contribution < 1.29 is 8.78 Å². The number of halogens is 2. The van der Waals surface area contributed by atoms with E-state index in [0.29, 0.717) is 6.42 Å². The van der Waals surface area contributed by atoms with Crippen LogP contribution in [-0.2, 0) is 0 Å². The lowest BCUT2D eigenvalue weighted by atomic mass is 9.86. The van der Waals surface area contributed by atoms with Crippen molar-refractivity contribution in [3.8, 4) is 0 Å². The maximum absolute atomic E-state index is 14.1. The quantitative estimate of drug-likeness (QED) is 0.723. The Morgan fingerprint density at radius 2 is 1.94 bits per heavy atom. The predicted molar refractivity (Wildman–Crippen MR) is 67.2 cm³/mol. The lowest BCUT2D eigenvalue weighted by Gasteiger charge is -2.27. The minimum atomic E-state index is -1.83. The van der Waals surface area contributed by atoms with Crippen LogP contribution in [0.2, 0.25) is 0 Å². The first-order chi connectivity index (χ1) is 8.15. The molecule has 2 rings (SSSR count). The molecule has 17 heavy (non-hydrogen) atoms. The van der Waals surface area contributed by atoms with Crippen LogP contribution in [0.5, 0.6) is 0 Å². The van der Waals surface area contributed by atoms with Gasteiger partial charge in [0.2, 0.25) is 0 Å². The number of hydrogen-bond acceptors (Lipinski definition) is 0. The monoisotopic (exact) mass is 234 g/mol. The summed E-state index contributed by atoms with van der Waals surface area (Å²) in [4.78, 5) is 0. The van der Waals surface area contributed by atoms with E-state index < -0.39 is 11.8 Å². The van der Waals surface area contributed by atoms with Crippen molar-refractivity contribution in [2.24, 2.45) is 0 Å². The van der Waals surface area contributed by atoms with Gasteiger partial charge >= 0.3 is 0 Å². The molecule has 0 fully saturated rings. The standard InChI is InChI=1S/C15H16F2/c1-2-9-15(17)10-8-13(11-14(15)16)12-6-4-3-5-7-12/h3-8,10-11,14H,2,9H2,1H3/t14-,15-/m1/s1. The van der Waals surface area contributed by atoms with Gasteiger partial charge in [-0.25, -0.2) is 8.78 Å². The molecular formula is C15H16F2. The largest absolute Gasteiger partial charge is 0.239 e. The number of alkyl halides is 2. The summed E-state index contributed by atoms with van der Waals surface area (Å²) in [6, 6.07) is 9.48. The van der Waals surface area contributed by atoms with Gasteiger partial charge in [-0.2, -0.15) is 0 Å². The minimum absolute atomic E-state index is 0.225. The highest BCUT2D eigenvalue weighted by Gasteiger charge is 2.37. The Hall–Kier alpha value is -1.44. The molecule has 0 bridgehead atoms. The molecule has 2 heteroatoms. The van der Waals surface area contributed by atoms with Gasteiger partial charge in [0.15, 0.2) is 11.8 Å². The Morgan fingerprint density at radius 3 is 2.53 bits per heavy atom. The summed E-state index contributed by atoms with van der Waals surface area (Å²) in [6.45, 7) is 1.86. The third-order valence-electron chi connectivity index (χ3n) is 3.06. The Balaban J connectivity index is 2.24. The van der Waals surface area contributed by atoms with Gasteiger partial charge in [-0.15, -0.1) is 0 Å². The van der Waals surface area contributed by atoms with Gasteiger partial charge < -0.3 is 0 Å². The number of rotatable bonds is 3. The lowest BCUT2D eigenvalue weighted by molar-refractivity contribution is 0.114. The fraction of sp³-hybridized carbons (Fsp3) is 0.333. The van der Waals surface area contributed by atoms with Gasteiger partial charge in [-0.05, 0) is 29.7 Å². The maximum atomic E-state index is 14.1. The van der Waals surface area contributed by atoms with E-state index in [0.717, 1.165) is 11.1 Å². The first-order valence-electron chi connectivity index (χ1n) is 5.95. The summed E-state index contributed by atoms with van der Waals surface area (Å²) in [5, 5.41) is 0.